The normalized spacial score (nSPS) is 19.2. The summed E-state index contributed by atoms with van der Waals surface area (Å²) < 4.78 is 1.73. The third kappa shape index (κ3) is 4.31. The Morgan fingerprint density at radius 2 is 1.90 bits per heavy atom. The Bertz CT molecular complexity index is 1100. The van der Waals surface area contributed by atoms with Crippen LogP contribution in [0.1, 0.15) is 51.1 Å². The first-order chi connectivity index (χ1) is 14.4. The molecule has 158 valence electrons. The number of aryl methyl sites for hydroxylation is 1. The molecule has 1 fully saturated rings. The van der Waals surface area contributed by atoms with Crippen LogP contribution in [0.5, 0.6) is 0 Å². The first-order valence-corrected chi connectivity index (χ1v) is 10.6. The highest BCUT2D eigenvalue weighted by Gasteiger charge is 2.22. The maximum absolute atomic E-state index is 13.2. The van der Waals surface area contributed by atoms with Crippen molar-refractivity contribution in [1.29, 1.82) is 0 Å². The second-order valence-corrected chi connectivity index (χ2v) is 8.44. The molecule has 3 aromatic rings. The van der Waals surface area contributed by atoms with E-state index >= 15 is 0 Å². The average Bonchev–Trinajstić information content (AvgIpc) is 2.69. The van der Waals surface area contributed by atoms with E-state index in [1.165, 1.54) is 0 Å². The third-order valence-corrected chi connectivity index (χ3v) is 5.68. The van der Waals surface area contributed by atoms with Crippen LogP contribution >= 0.6 is 0 Å². The highest BCUT2D eigenvalue weighted by Crippen LogP contribution is 2.28. The van der Waals surface area contributed by atoms with Crippen LogP contribution in [-0.2, 0) is 0 Å². The van der Waals surface area contributed by atoms with Crippen molar-refractivity contribution in [3.63, 3.8) is 0 Å². The molecule has 30 heavy (non-hydrogen) atoms. The molecule has 0 radical (unpaired) electrons. The Labute approximate surface area is 176 Å². The minimum Gasteiger partial charge on any atom is -0.393 e. The Morgan fingerprint density at radius 3 is 2.60 bits per heavy atom. The Kier molecular flexibility index (Phi) is 5.72. The molecule has 0 bridgehead atoms. The molecular formula is C23H29N5O2. The molecule has 4 rings (SSSR count). The molecule has 1 aliphatic carbocycles. The van der Waals surface area contributed by atoms with Crippen LogP contribution in [0.25, 0.3) is 10.8 Å². The molecule has 0 spiro atoms. The smallest absolute Gasteiger partial charge is 0.262 e. The number of hydrogen-bond donors (Lipinski definition) is 3. The van der Waals surface area contributed by atoms with Gasteiger partial charge in [0.25, 0.3) is 5.56 Å². The second-order valence-electron chi connectivity index (χ2n) is 8.44. The predicted octanol–water partition coefficient (Wildman–Crippen LogP) is 4.14. The summed E-state index contributed by atoms with van der Waals surface area (Å²) in [5, 5.41) is 18.0. The van der Waals surface area contributed by atoms with Crippen LogP contribution in [-0.4, -0.2) is 31.8 Å². The zero-order valence-electron chi connectivity index (χ0n) is 17.7. The van der Waals surface area contributed by atoms with Crippen molar-refractivity contribution in [3.8, 4) is 0 Å². The van der Waals surface area contributed by atoms with Crippen LogP contribution in [0, 0.1) is 6.92 Å². The number of nitrogens with zero attached hydrogens (tertiary/aromatic N) is 3. The van der Waals surface area contributed by atoms with Gasteiger partial charge in [0.2, 0.25) is 0 Å². The monoisotopic (exact) mass is 407 g/mol. The molecule has 0 saturated heterocycles. The van der Waals surface area contributed by atoms with E-state index in [9.17, 15) is 9.90 Å². The molecule has 7 heteroatoms. The number of anilines is 3. The van der Waals surface area contributed by atoms with E-state index in [1.807, 2.05) is 51.2 Å². The molecule has 3 heterocycles. The first-order valence-electron chi connectivity index (χ1n) is 10.6. The number of aliphatic hydroxyl groups is 1. The Morgan fingerprint density at radius 1 is 1.13 bits per heavy atom. The largest absolute Gasteiger partial charge is 0.393 e. The SMILES string of the molecule is Cc1ccnc(Nc2cc3ccn(C(C)C)c(=O)c3c(N[C@H]3CC[C@H](O)CC3)n2)c1. The van der Waals surface area contributed by atoms with Crippen molar-refractivity contribution in [2.24, 2.45) is 0 Å². The zero-order chi connectivity index (χ0) is 21.3. The molecular weight excluding hydrogens is 378 g/mol. The standard InChI is InChI=1S/C23H29N5O2/c1-14(2)28-11-9-16-13-20(26-19-12-15(3)8-10-24-19)27-22(21(16)23(28)30)25-17-4-6-18(29)7-5-17/h8-14,17-18,29H,4-7H2,1-3H3,(H2,24,25,26,27)/t17-,18-. The zero-order valence-corrected chi connectivity index (χ0v) is 17.7. The fourth-order valence-corrected chi connectivity index (χ4v) is 4.00. The molecule has 3 aromatic heterocycles. The molecule has 0 atom stereocenters. The Balaban J connectivity index is 1.77. The number of pyridine rings is 3. The van der Waals surface area contributed by atoms with Crippen LogP contribution in [0.4, 0.5) is 17.5 Å². The highest BCUT2D eigenvalue weighted by molar-refractivity contribution is 5.93. The van der Waals surface area contributed by atoms with Gasteiger partial charge in [0.15, 0.2) is 0 Å². The van der Waals surface area contributed by atoms with E-state index in [0.717, 1.165) is 36.6 Å². The second kappa shape index (κ2) is 8.44. The van der Waals surface area contributed by atoms with Gasteiger partial charge in [0, 0.05) is 24.5 Å². The van der Waals surface area contributed by atoms with Gasteiger partial charge in [-0.25, -0.2) is 9.97 Å². The minimum atomic E-state index is -0.230. The van der Waals surface area contributed by atoms with Gasteiger partial charge in [0.05, 0.1) is 11.5 Å². The van der Waals surface area contributed by atoms with Crippen molar-refractivity contribution < 1.29 is 5.11 Å². The van der Waals surface area contributed by atoms with E-state index < -0.39 is 0 Å². The summed E-state index contributed by atoms with van der Waals surface area (Å²) in [4.78, 5) is 22.3. The molecule has 0 unspecified atom stereocenters. The topological polar surface area (TPSA) is 92.1 Å². The van der Waals surface area contributed by atoms with Gasteiger partial charge in [0.1, 0.15) is 17.5 Å². The molecule has 0 aliphatic heterocycles. The van der Waals surface area contributed by atoms with Gasteiger partial charge in [-0.05, 0) is 81.7 Å². The van der Waals surface area contributed by atoms with E-state index in [4.69, 9.17) is 4.98 Å². The number of aromatic nitrogens is 3. The van der Waals surface area contributed by atoms with Gasteiger partial charge in [-0.3, -0.25) is 4.79 Å². The average molecular weight is 408 g/mol. The number of nitrogens with one attached hydrogen (secondary N) is 2. The van der Waals surface area contributed by atoms with Gasteiger partial charge in [-0.2, -0.15) is 0 Å². The lowest BCUT2D eigenvalue weighted by atomic mass is 9.93. The number of fused-ring (bicyclic) bond motifs is 1. The van der Waals surface area contributed by atoms with E-state index in [-0.39, 0.29) is 23.7 Å². The van der Waals surface area contributed by atoms with Crippen LogP contribution in [0.2, 0.25) is 0 Å². The first kappa shape index (κ1) is 20.3. The van der Waals surface area contributed by atoms with Gasteiger partial charge < -0.3 is 20.3 Å². The van der Waals surface area contributed by atoms with Crippen molar-refractivity contribution in [2.45, 2.75) is 64.6 Å². The summed E-state index contributed by atoms with van der Waals surface area (Å²) in [6.45, 7) is 6.00. The summed E-state index contributed by atoms with van der Waals surface area (Å²) in [7, 11) is 0. The van der Waals surface area contributed by atoms with Crippen molar-refractivity contribution in [1.82, 2.24) is 14.5 Å². The van der Waals surface area contributed by atoms with Gasteiger partial charge >= 0.3 is 0 Å². The van der Waals surface area contributed by atoms with Crippen molar-refractivity contribution >= 4 is 28.2 Å². The summed E-state index contributed by atoms with van der Waals surface area (Å²) in [5.41, 5.74) is 1.06. The number of aliphatic hydroxyl groups excluding tert-OH is 1. The van der Waals surface area contributed by atoms with Gasteiger partial charge in [-0.1, -0.05) is 0 Å². The van der Waals surface area contributed by atoms with Crippen LogP contribution in [0.3, 0.4) is 0 Å². The molecule has 7 nitrogen and oxygen atoms in total. The lowest BCUT2D eigenvalue weighted by Gasteiger charge is -2.27. The van der Waals surface area contributed by atoms with Crippen LogP contribution in [0.15, 0.2) is 41.5 Å². The van der Waals surface area contributed by atoms with Crippen molar-refractivity contribution in [3.05, 3.63) is 52.6 Å². The Hall–Kier alpha value is -2.93. The van der Waals surface area contributed by atoms with E-state index in [0.29, 0.717) is 22.8 Å². The predicted molar refractivity (Wildman–Crippen MR) is 121 cm³/mol. The maximum Gasteiger partial charge on any atom is 0.262 e. The lowest BCUT2D eigenvalue weighted by molar-refractivity contribution is 0.126. The summed E-state index contributed by atoms with van der Waals surface area (Å²) >= 11 is 0. The minimum absolute atomic E-state index is 0.0476. The maximum atomic E-state index is 13.2. The fourth-order valence-electron chi connectivity index (χ4n) is 4.00. The number of hydrogen-bond acceptors (Lipinski definition) is 6. The molecule has 0 amide bonds. The summed E-state index contributed by atoms with van der Waals surface area (Å²) in [6.07, 6.45) is 6.59. The van der Waals surface area contributed by atoms with Gasteiger partial charge in [-0.15, -0.1) is 0 Å². The highest BCUT2D eigenvalue weighted by atomic mass is 16.3. The molecule has 0 aromatic carbocycles. The molecule has 1 saturated carbocycles. The number of rotatable bonds is 5. The molecule has 1 aliphatic rings. The third-order valence-electron chi connectivity index (χ3n) is 5.68. The summed E-state index contributed by atoms with van der Waals surface area (Å²) in [5.74, 6) is 1.94. The van der Waals surface area contributed by atoms with Crippen LogP contribution < -0.4 is 16.2 Å². The summed E-state index contributed by atoms with van der Waals surface area (Å²) in [6, 6.07) is 8.00. The fraction of sp³-hybridized carbons (Fsp3) is 0.435. The molecule has 3 N–H and O–H groups in total. The quantitative estimate of drug-likeness (QED) is 0.589. The van der Waals surface area contributed by atoms with Crippen molar-refractivity contribution in [2.75, 3.05) is 10.6 Å². The van der Waals surface area contributed by atoms with E-state index in [1.54, 1.807) is 10.8 Å². The lowest BCUT2D eigenvalue weighted by Crippen LogP contribution is -2.30. The van der Waals surface area contributed by atoms with E-state index in [2.05, 4.69) is 15.6 Å².